The molecule has 6 nitrogen and oxygen atoms in total. The topological polar surface area (TPSA) is 71.1 Å². The number of benzene rings is 1. The minimum absolute atomic E-state index is 0.0393. The van der Waals surface area contributed by atoms with Crippen molar-refractivity contribution in [3.8, 4) is 11.5 Å². The number of esters is 2. The van der Waals surface area contributed by atoms with E-state index >= 15 is 0 Å². The van der Waals surface area contributed by atoms with Crippen LogP contribution >= 0.6 is 0 Å². The third-order valence-electron chi connectivity index (χ3n) is 2.74. The molecular weight excluding hydrogens is 276 g/mol. The second-order valence-corrected chi connectivity index (χ2v) is 4.07. The van der Waals surface area contributed by atoms with E-state index in [9.17, 15) is 9.59 Å². The zero-order valence-electron chi connectivity index (χ0n) is 12.7. The van der Waals surface area contributed by atoms with Gasteiger partial charge in [0.15, 0.2) is 11.5 Å². The number of carbonyl (C=O) groups excluding carboxylic acids is 2. The molecule has 0 radical (unpaired) electrons. The molecule has 6 heteroatoms. The number of rotatable bonds is 7. The lowest BCUT2D eigenvalue weighted by atomic mass is 10.0. The van der Waals surface area contributed by atoms with E-state index in [2.05, 4.69) is 0 Å². The van der Waals surface area contributed by atoms with Gasteiger partial charge in [0.1, 0.15) is 0 Å². The molecule has 0 atom stereocenters. The highest BCUT2D eigenvalue weighted by Gasteiger charge is 2.20. The third kappa shape index (κ3) is 4.37. The molecule has 0 aromatic heterocycles. The molecule has 0 saturated heterocycles. The molecule has 1 aromatic rings. The van der Waals surface area contributed by atoms with Crippen LogP contribution in [0.3, 0.4) is 0 Å². The maximum Gasteiger partial charge on any atom is 0.338 e. The van der Waals surface area contributed by atoms with Crippen molar-refractivity contribution in [2.75, 3.05) is 27.4 Å². The van der Waals surface area contributed by atoms with E-state index in [0.29, 0.717) is 17.1 Å². The maximum atomic E-state index is 12.0. The van der Waals surface area contributed by atoms with Crippen LogP contribution in [0.2, 0.25) is 0 Å². The van der Waals surface area contributed by atoms with Crippen LogP contribution in [-0.4, -0.2) is 39.4 Å². The molecule has 0 amide bonds. The lowest BCUT2D eigenvalue weighted by molar-refractivity contribution is -0.142. The SMILES string of the molecule is CCOC(=O)Cc1cc(OC)c(OC)cc1C(=O)OCC. The van der Waals surface area contributed by atoms with Crippen molar-refractivity contribution in [1.82, 2.24) is 0 Å². The number of carbonyl (C=O) groups is 2. The summed E-state index contributed by atoms with van der Waals surface area (Å²) in [5, 5.41) is 0. The van der Waals surface area contributed by atoms with Crippen molar-refractivity contribution < 1.29 is 28.5 Å². The standard InChI is InChI=1S/C15H20O6/c1-5-20-14(16)8-10-7-12(18-3)13(19-4)9-11(10)15(17)21-6-2/h7,9H,5-6,8H2,1-4H3. The average Bonchev–Trinajstić information content (AvgIpc) is 2.47. The fraction of sp³-hybridized carbons (Fsp3) is 0.467. The van der Waals surface area contributed by atoms with Crippen LogP contribution in [0.4, 0.5) is 0 Å². The Kier molecular flexibility index (Phi) is 6.52. The summed E-state index contributed by atoms with van der Waals surface area (Å²) in [6, 6.07) is 3.09. The zero-order chi connectivity index (χ0) is 15.8. The van der Waals surface area contributed by atoms with E-state index in [-0.39, 0.29) is 25.2 Å². The molecule has 0 saturated carbocycles. The van der Waals surface area contributed by atoms with Gasteiger partial charge >= 0.3 is 11.9 Å². The lowest BCUT2D eigenvalue weighted by Gasteiger charge is -2.14. The van der Waals surface area contributed by atoms with Crippen LogP contribution in [0, 0.1) is 0 Å². The minimum Gasteiger partial charge on any atom is -0.493 e. The fourth-order valence-corrected chi connectivity index (χ4v) is 1.83. The van der Waals surface area contributed by atoms with E-state index in [1.807, 2.05) is 0 Å². The number of methoxy groups -OCH3 is 2. The van der Waals surface area contributed by atoms with Gasteiger partial charge in [0, 0.05) is 0 Å². The van der Waals surface area contributed by atoms with Gasteiger partial charge in [-0.05, 0) is 31.5 Å². The zero-order valence-corrected chi connectivity index (χ0v) is 12.7. The van der Waals surface area contributed by atoms with Crippen LogP contribution in [0.1, 0.15) is 29.8 Å². The third-order valence-corrected chi connectivity index (χ3v) is 2.74. The van der Waals surface area contributed by atoms with Gasteiger partial charge in [0.2, 0.25) is 0 Å². The Morgan fingerprint density at radius 1 is 0.952 bits per heavy atom. The lowest BCUT2D eigenvalue weighted by Crippen LogP contribution is -2.14. The monoisotopic (exact) mass is 296 g/mol. The first-order chi connectivity index (χ1) is 10.1. The Balaban J connectivity index is 3.22. The van der Waals surface area contributed by atoms with Crippen LogP contribution in [0.15, 0.2) is 12.1 Å². The molecule has 0 aliphatic rings. The molecule has 116 valence electrons. The van der Waals surface area contributed by atoms with Crippen molar-refractivity contribution in [1.29, 1.82) is 0 Å². The van der Waals surface area contributed by atoms with Gasteiger partial charge in [-0.1, -0.05) is 0 Å². The van der Waals surface area contributed by atoms with Crippen LogP contribution in [-0.2, 0) is 20.7 Å². The summed E-state index contributed by atoms with van der Waals surface area (Å²) in [5.41, 5.74) is 0.743. The average molecular weight is 296 g/mol. The molecular formula is C15H20O6. The van der Waals surface area contributed by atoms with E-state index in [0.717, 1.165) is 0 Å². The fourth-order valence-electron chi connectivity index (χ4n) is 1.83. The second kappa shape index (κ2) is 8.14. The highest BCUT2D eigenvalue weighted by Crippen LogP contribution is 2.31. The molecule has 1 aromatic carbocycles. The first-order valence-corrected chi connectivity index (χ1v) is 6.64. The molecule has 0 N–H and O–H groups in total. The molecule has 0 aliphatic carbocycles. The molecule has 1 rings (SSSR count). The molecule has 0 bridgehead atoms. The highest BCUT2D eigenvalue weighted by atomic mass is 16.5. The summed E-state index contributed by atoms with van der Waals surface area (Å²) in [6.07, 6.45) is -0.0393. The molecule has 21 heavy (non-hydrogen) atoms. The smallest absolute Gasteiger partial charge is 0.338 e. The summed E-state index contributed by atoms with van der Waals surface area (Å²) >= 11 is 0. The Labute approximate surface area is 123 Å². The second-order valence-electron chi connectivity index (χ2n) is 4.07. The summed E-state index contributed by atoms with van der Waals surface area (Å²) in [6.45, 7) is 3.95. The molecule has 0 aliphatic heterocycles. The number of ether oxygens (including phenoxy) is 4. The molecule has 0 fully saturated rings. The first-order valence-electron chi connectivity index (χ1n) is 6.64. The van der Waals surface area contributed by atoms with Gasteiger partial charge in [-0.2, -0.15) is 0 Å². The van der Waals surface area contributed by atoms with E-state index in [4.69, 9.17) is 18.9 Å². The van der Waals surface area contributed by atoms with Crippen LogP contribution < -0.4 is 9.47 Å². The number of hydrogen-bond donors (Lipinski definition) is 0. The Morgan fingerprint density at radius 3 is 2.05 bits per heavy atom. The Hall–Kier alpha value is -2.24. The van der Waals surface area contributed by atoms with E-state index in [1.54, 1.807) is 19.9 Å². The Bertz CT molecular complexity index is 509. The first kappa shape index (κ1) is 16.8. The van der Waals surface area contributed by atoms with Crippen molar-refractivity contribution in [2.24, 2.45) is 0 Å². The van der Waals surface area contributed by atoms with Gasteiger partial charge in [-0.25, -0.2) is 4.79 Å². The van der Waals surface area contributed by atoms with Crippen molar-refractivity contribution >= 4 is 11.9 Å². The maximum absolute atomic E-state index is 12.0. The van der Waals surface area contributed by atoms with Crippen LogP contribution in [0.25, 0.3) is 0 Å². The molecule has 0 heterocycles. The van der Waals surface area contributed by atoms with Crippen molar-refractivity contribution in [2.45, 2.75) is 20.3 Å². The molecule has 0 spiro atoms. The largest absolute Gasteiger partial charge is 0.493 e. The van der Waals surface area contributed by atoms with Gasteiger partial charge in [-0.3, -0.25) is 4.79 Å². The summed E-state index contributed by atoms with van der Waals surface area (Å²) in [7, 11) is 2.95. The predicted octanol–water partition coefficient (Wildman–Crippen LogP) is 1.99. The van der Waals surface area contributed by atoms with Gasteiger partial charge in [-0.15, -0.1) is 0 Å². The highest BCUT2D eigenvalue weighted by molar-refractivity contribution is 5.93. The van der Waals surface area contributed by atoms with Crippen molar-refractivity contribution in [3.05, 3.63) is 23.3 Å². The Morgan fingerprint density at radius 2 is 1.52 bits per heavy atom. The summed E-state index contributed by atoms with van der Waals surface area (Å²) in [5.74, 6) is -0.106. The van der Waals surface area contributed by atoms with Gasteiger partial charge in [0.25, 0.3) is 0 Å². The van der Waals surface area contributed by atoms with Gasteiger partial charge < -0.3 is 18.9 Å². The molecule has 0 unspecified atom stereocenters. The summed E-state index contributed by atoms with van der Waals surface area (Å²) < 4.78 is 20.3. The quantitative estimate of drug-likeness (QED) is 0.717. The van der Waals surface area contributed by atoms with Gasteiger partial charge in [0.05, 0.1) is 39.4 Å². The normalized spacial score (nSPS) is 9.90. The predicted molar refractivity (Wildman–Crippen MR) is 75.8 cm³/mol. The van der Waals surface area contributed by atoms with E-state index in [1.165, 1.54) is 20.3 Å². The summed E-state index contributed by atoms with van der Waals surface area (Å²) in [4.78, 5) is 23.7. The number of hydrogen-bond acceptors (Lipinski definition) is 6. The van der Waals surface area contributed by atoms with E-state index < -0.39 is 11.9 Å². The van der Waals surface area contributed by atoms with Crippen molar-refractivity contribution in [3.63, 3.8) is 0 Å². The van der Waals surface area contributed by atoms with Crippen LogP contribution in [0.5, 0.6) is 11.5 Å². The minimum atomic E-state index is -0.516.